The van der Waals surface area contributed by atoms with Crippen molar-refractivity contribution in [1.29, 1.82) is 0 Å². The van der Waals surface area contributed by atoms with Gasteiger partial charge in [0.05, 0.1) is 17.6 Å². The van der Waals surface area contributed by atoms with Crippen LogP contribution in [0.25, 0.3) is 6.08 Å². The van der Waals surface area contributed by atoms with E-state index in [9.17, 15) is 26.4 Å². The number of halogens is 3. The lowest BCUT2D eigenvalue weighted by Crippen LogP contribution is -2.50. The SMILES string of the molecule is COc1ccc(C=CC(=O)N2CCN(S(=O)(=O)c3ccccc3C(F)(F)F)CC2)cc1. The molecular weight excluding hydrogens is 433 g/mol. The summed E-state index contributed by atoms with van der Waals surface area (Å²) >= 11 is 0. The molecule has 0 aromatic heterocycles. The Balaban J connectivity index is 1.66. The highest BCUT2D eigenvalue weighted by atomic mass is 32.2. The summed E-state index contributed by atoms with van der Waals surface area (Å²) in [5.41, 5.74) is -0.407. The summed E-state index contributed by atoms with van der Waals surface area (Å²) in [6, 6.07) is 11.2. The number of carbonyl (C=O) groups excluding carboxylic acids is 1. The maximum absolute atomic E-state index is 13.2. The van der Waals surface area contributed by atoms with Crippen LogP contribution in [0.4, 0.5) is 13.2 Å². The molecule has 1 aliphatic rings. The molecule has 0 saturated carbocycles. The van der Waals surface area contributed by atoms with Crippen molar-refractivity contribution in [2.24, 2.45) is 0 Å². The van der Waals surface area contributed by atoms with Crippen LogP contribution in [0.5, 0.6) is 5.75 Å². The van der Waals surface area contributed by atoms with Gasteiger partial charge in [0.15, 0.2) is 0 Å². The number of hydrogen-bond acceptors (Lipinski definition) is 4. The van der Waals surface area contributed by atoms with Crippen LogP contribution < -0.4 is 4.74 Å². The molecule has 31 heavy (non-hydrogen) atoms. The highest BCUT2D eigenvalue weighted by Crippen LogP contribution is 2.35. The summed E-state index contributed by atoms with van der Waals surface area (Å²) in [6.07, 6.45) is -1.77. The van der Waals surface area contributed by atoms with Crippen LogP contribution in [0, 0.1) is 0 Å². The van der Waals surface area contributed by atoms with Gasteiger partial charge in [0.25, 0.3) is 0 Å². The number of nitrogens with zero attached hydrogens (tertiary/aromatic N) is 2. The quantitative estimate of drug-likeness (QED) is 0.651. The first-order valence-electron chi connectivity index (χ1n) is 9.40. The molecule has 0 radical (unpaired) electrons. The van der Waals surface area contributed by atoms with Crippen molar-refractivity contribution < 1.29 is 31.1 Å². The lowest BCUT2D eigenvalue weighted by atomic mass is 10.2. The third kappa shape index (κ3) is 5.26. The zero-order chi connectivity index (χ0) is 22.6. The molecule has 0 atom stereocenters. The van der Waals surface area contributed by atoms with E-state index in [-0.39, 0.29) is 32.1 Å². The van der Waals surface area contributed by atoms with Crippen LogP contribution in [0.15, 0.2) is 59.5 Å². The fraction of sp³-hybridized carbons (Fsp3) is 0.286. The first kappa shape index (κ1) is 22.8. The van der Waals surface area contributed by atoms with Crippen LogP contribution in [0.1, 0.15) is 11.1 Å². The largest absolute Gasteiger partial charge is 0.497 e. The van der Waals surface area contributed by atoms with Gasteiger partial charge in [0.2, 0.25) is 15.9 Å². The second-order valence-corrected chi connectivity index (χ2v) is 8.74. The predicted octanol–water partition coefficient (Wildman–Crippen LogP) is 3.26. The van der Waals surface area contributed by atoms with E-state index in [4.69, 9.17) is 4.74 Å². The average molecular weight is 454 g/mol. The first-order chi connectivity index (χ1) is 14.6. The number of carbonyl (C=O) groups is 1. The van der Waals surface area contributed by atoms with E-state index in [0.29, 0.717) is 5.75 Å². The number of methoxy groups -OCH3 is 1. The molecule has 0 aliphatic carbocycles. The van der Waals surface area contributed by atoms with E-state index in [0.717, 1.165) is 28.1 Å². The van der Waals surface area contributed by atoms with E-state index in [2.05, 4.69) is 0 Å². The third-order valence-corrected chi connectivity index (χ3v) is 6.85. The molecule has 1 heterocycles. The minimum Gasteiger partial charge on any atom is -0.497 e. The molecule has 2 aromatic carbocycles. The number of sulfonamides is 1. The summed E-state index contributed by atoms with van der Waals surface area (Å²) in [6.45, 7) is -0.00825. The molecule has 1 saturated heterocycles. The van der Waals surface area contributed by atoms with Gasteiger partial charge in [-0.25, -0.2) is 8.42 Å². The smallest absolute Gasteiger partial charge is 0.417 e. The fourth-order valence-corrected chi connectivity index (χ4v) is 4.84. The third-order valence-electron chi connectivity index (χ3n) is 4.89. The number of alkyl halides is 3. The van der Waals surface area contributed by atoms with Gasteiger partial charge in [-0.15, -0.1) is 0 Å². The lowest BCUT2D eigenvalue weighted by molar-refractivity contribution is -0.139. The Morgan fingerprint density at radius 2 is 1.61 bits per heavy atom. The van der Waals surface area contributed by atoms with Crippen molar-refractivity contribution in [3.05, 3.63) is 65.7 Å². The maximum atomic E-state index is 13.2. The first-order valence-corrected chi connectivity index (χ1v) is 10.8. The van der Waals surface area contributed by atoms with E-state index >= 15 is 0 Å². The van der Waals surface area contributed by atoms with E-state index < -0.39 is 26.7 Å². The van der Waals surface area contributed by atoms with Crippen molar-refractivity contribution in [3.63, 3.8) is 0 Å². The molecule has 1 amide bonds. The fourth-order valence-electron chi connectivity index (χ4n) is 3.20. The van der Waals surface area contributed by atoms with Crippen LogP contribution >= 0.6 is 0 Å². The highest BCUT2D eigenvalue weighted by Gasteiger charge is 2.39. The number of ether oxygens (including phenoxy) is 1. The second-order valence-electron chi connectivity index (χ2n) is 6.83. The van der Waals surface area contributed by atoms with E-state index in [1.165, 1.54) is 17.0 Å². The van der Waals surface area contributed by atoms with Gasteiger partial charge < -0.3 is 9.64 Å². The Labute approximate surface area is 178 Å². The topological polar surface area (TPSA) is 66.9 Å². The zero-order valence-electron chi connectivity index (χ0n) is 16.7. The minimum atomic E-state index is -4.78. The van der Waals surface area contributed by atoms with Crippen LogP contribution in [-0.4, -0.2) is 56.8 Å². The molecule has 0 bridgehead atoms. The lowest BCUT2D eigenvalue weighted by Gasteiger charge is -2.33. The van der Waals surface area contributed by atoms with Crippen LogP contribution in [0.2, 0.25) is 0 Å². The number of hydrogen-bond donors (Lipinski definition) is 0. The summed E-state index contributed by atoms with van der Waals surface area (Å²) in [4.78, 5) is 13.1. The minimum absolute atomic E-state index is 0.0825. The van der Waals surface area contributed by atoms with Crippen molar-refractivity contribution in [2.45, 2.75) is 11.1 Å². The van der Waals surface area contributed by atoms with Gasteiger partial charge in [-0.05, 0) is 35.9 Å². The van der Waals surface area contributed by atoms with Crippen LogP contribution in [0.3, 0.4) is 0 Å². The van der Waals surface area contributed by atoms with Gasteiger partial charge in [-0.1, -0.05) is 24.3 Å². The molecular formula is C21H21F3N2O4S. The van der Waals surface area contributed by atoms with Crippen molar-refractivity contribution in [1.82, 2.24) is 9.21 Å². The molecule has 0 N–H and O–H groups in total. The Bertz CT molecular complexity index is 1060. The highest BCUT2D eigenvalue weighted by molar-refractivity contribution is 7.89. The molecule has 0 unspecified atom stereocenters. The summed E-state index contributed by atoms with van der Waals surface area (Å²) in [5, 5.41) is 0. The van der Waals surface area contributed by atoms with E-state index in [1.54, 1.807) is 37.5 Å². The van der Waals surface area contributed by atoms with Crippen molar-refractivity contribution >= 4 is 22.0 Å². The van der Waals surface area contributed by atoms with E-state index in [1.807, 2.05) is 0 Å². The number of benzene rings is 2. The zero-order valence-corrected chi connectivity index (χ0v) is 17.5. The predicted molar refractivity (Wildman–Crippen MR) is 109 cm³/mol. The van der Waals surface area contributed by atoms with Gasteiger partial charge >= 0.3 is 6.18 Å². The summed E-state index contributed by atoms with van der Waals surface area (Å²) in [7, 11) is -2.79. The Kier molecular flexibility index (Phi) is 6.71. The van der Waals surface area contributed by atoms with Crippen molar-refractivity contribution in [3.8, 4) is 5.75 Å². The molecule has 0 spiro atoms. The molecule has 166 valence electrons. The van der Waals surface area contributed by atoms with Crippen LogP contribution in [-0.2, 0) is 21.0 Å². The molecule has 10 heteroatoms. The molecule has 1 fully saturated rings. The van der Waals surface area contributed by atoms with Gasteiger partial charge in [0.1, 0.15) is 5.75 Å². The normalized spacial score (nSPS) is 15.9. The molecule has 6 nitrogen and oxygen atoms in total. The van der Waals surface area contributed by atoms with Gasteiger partial charge in [-0.3, -0.25) is 4.79 Å². The maximum Gasteiger partial charge on any atom is 0.417 e. The van der Waals surface area contributed by atoms with Gasteiger partial charge in [-0.2, -0.15) is 17.5 Å². The number of rotatable bonds is 5. The Morgan fingerprint density at radius 3 is 2.19 bits per heavy atom. The standard InChI is InChI=1S/C21H21F3N2O4S/c1-30-17-9-6-16(7-10-17)8-11-20(27)25-12-14-26(15-13-25)31(28,29)19-5-3-2-4-18(19)21(22,23)24/h2-11H,12-15H2,1H3. The second kappa shape index (κ2) is 9.11. The Hall–Kier alpha value is -2.85. The molecule has 1 aliphatic heterocycles. The van der Waals surface area contributed by atoms with Crippen molar-refractivity contribution in [2.75, 3.05) is 33.3 Å². The summed E-state index contributed by atoms with van der Waals surface area (Å²) in [5.74, 6) is 0.386. The van der Waals surface area contributed by atoms with Gasteiger partial charge in [0, 0.05) is 32.3 Å². The molecule has 2 aromatic rings. The number of amides is 1. The number of piperazine rings is 1. The molecule has 3 rings (SSSR count). The monoisotopic (exact) mass is 454 g/mol. The average Bonchev–Trinajstić information content (AvgIpc) is 2.77. The Morgan fingerprint density at radius 1 is 1.00 bits per heavy atom. The summed E-state index contributed by atoms with van der Waals surface area (Å²) < 4.78 is 71.3.